The van der Waals surface area contributed by atoms with Crippen LogP contribution in [0, 0.1) is 13.8 Å². The molecule has 0 aliphatic carbocycles. The Kier molecular flexibility index (Phi) is 5.88. The number of halogens is 2. The van der Waals surface area contributed by atoms with Gasteiger partial charge in [-0.1, -0.05) is 47.5 Å². The third kappa shape index (κ3) is 4.21. The zero-order chi connectivity index (χ0) is 17.3. The van der Waals surface area contributed by atoms with E-state index in [-0.39, 0.29) is 18.1 Å². The first kappa shape index (κ1) is 19.0. The molecule has 2 aromatic carbocycles. The molecule has 0 fully saturated rings. The van der Waals surface area contributed by atoms with Crippen LogP contribution in [0.15, 0.2) is 48.5 Å². The van der Waals surface area contributed by atoms with Crippen LogP contribution in [0.1, 0.15) is 27.2 Å². The number of benzene rings is 2. The van der Waals surface area contributed by atoms with Crippen LogP contribution in [0.25, 0.3) is 11.3 Å². The lowest BCUT2D eigenvalue weighted by Crippen LogP contribution is -2.06. The third-order valence-corrected chi connectivity index (χ3v) is 4.33. The molecule has 3 aromatic rings. The first-order valence-corrected chi connectivity index (χ1v) is 7.95. The monoisotopic (exact) mass is 376 g/mol. The molecule has 0 bridgehead atoms. The highest BCUT2D eigenvalue weighted by Gasteiger charge is 2.15. The van der Waals surface area contributed by atoms with Gasteiger partial charge in [0.1, 0.15) is 0 Å². The minimum Gasteiger partial charge on any atom is -0.476 e. The van der Waals surface area contributed by atoms with Crippen LogP contribution in [0.2, 0.25) is 5.02 Å². The van der Waals surface area contributed by atoms with Crippen molar-refractivity contribution in [3.8, 4) is 11.3 Å². The third-order valence-electron chi connectivity index (χ3n) is 3.91. The van der Waals surface area contributed by atoms with Gasteiger partial charge in [-0.3, -0.25) is 4.68 Å². The van der Waals surface area contributed by atoms with Crippen molar-refractivity contribution in [1.29, 1.82) is 0 Å². The van der Waals surface area contributed by atoms with E-state index in [1.165, 1.54) is 5.56 Å². The minimum absolute atomic E-state index is 0. The highest BCUT2D eigenvalue weighted by atomic mass is 35.5. The van der Waals surface area contributed by atoms with E-state index < -0.39 is 5.97 Å². The van der Waals surface area contributed by atoms with E-state index in [9.17, 15) is 9.90 Å². The Morgan fingerprint density at radius 1 is 1.12 bits per heavy atom. The summed E-state index contributed by atoms with van der Waals surface area (Å²) in [6.45, 7) is 4.46. The summed E-state index contributed by atoms with van der Waals surface area (Å²) < 4.78 is 1.72. The molecule has 1 aromatic heterocycles. The maximum Gasteiger partial charge on any atom is 0.356 e. The molecule has 1 N–H and O–H groups in total. The number of carboxylic acid groups (broad SMARTS) is 1. The molecule has 0 amide bonds. The summed E-state index contributed by atoms with van der Waals surface area (Å²) in [6.07, 6.45) is 0. The molecule has 6 heteroatoms. The number of carboxylic acids is 1. The van der Waals surface area contributed by atoms with E-state index in [0.29, 0.717) is 11.6 Å². The molecule has 0 atom stereocenters. The maximum absolute atomic E-state index is 11.3. The van der Waals surface area contributed by atoms with Gasteiger partial charge in [0.15, 0.2) is 5.69 Å². The number of hydrogen-bond donors (Lipinski definition) is 1. The van der Waals surface area contributed by atoms with Crippen molar-refractivity contribution in [3.63, 3.8) is 0 Å². The van der Waals surface area contributed by atoms with Crippen molar-refractivity contribution in [3.05, 3.63) is 75.9 Å². The number of carbonyl (C=O) groups is 1. The number of rotatable bonds is 4. The van der Waals surface area contributed by atoms with Gasteiger partial charge >= 0.3 is 5.97 Å². The predicted octanol–water partition coefficient (Wildman–Crippen LogP) is 4.99. The second kappa shape index (κ2) is 7.72. The lowest BCUT2D eigenvalue weighted by Gasteiger charge is -2.09. The number of aryl methyl sites for hydroxylation is 2. The Morgan fingerprint density at radius 2 is 1.80 bits per heavy atom. The van der Waals surface area contributed by atoms with Gasteiger partial charge in [-0.05, 0) is 43.2 Å². The molecule has 130 valence electrons. The van der Waals surface area contributed by atoms with Crippen LogP contribution in [-0.2, 0) is 6.54 Å². The lowest BCUT2D eigenvalue weighted by atomic mass is 10.1. The number of aromatic carboxylic acids is 1. The minimum atomic E-state index is -1.04. The van der Waals surface area contributed by atoms with E-state index in [0.717, 1.165) is 22.4 Å². The Hall–Kier alpha value is -2.30. The molecule has 0 aliphatic heterocycles. The highest BCUT2D eigenvalue weighted by molar-refractivity contribution is 6.31. The first-order chi connectivity index (χ1) is 11.4. The standard InChI is InChI=1S/C19H17ClN2O2.ClH/c1-12-3-5-14(6-4-12)11-22-18(10-17(21-22)19(23)24)15-7-8-16(20)13(2)9-15;/h3-10H,11H2,1-2H3,(H,23,24);1H. The van der Waals surface area contributed by atoms with Crippen LogP contribution in [0.4, 0.5) is 0 Å². The molecule has 0 aliphatic rings. The van der Waals surface area contributed by atoms with E-state index in [4.69, 9.17) is 11.6 Å². The summed E-state index contributed by atoms with van der Waals surface area (Å²) in [5, 5.41) is 14.2. The van der Waals surface area contributed by atoms with E-state index in [1.807, 2.05) is 56.3 Å². The highest BCUT2D eigenvalue weighted by Crippen LogP contribution is 2.26. The molecule has 0 radical (unpaired) electrons. The van der Waals surface area contributed by atoms with Crippen LogP contribution >= 0.6 is 24.0 Å². The Bertz CT molecular complexity index is 902. The molecular formula is C19H18Cl2N2O2. The van der Waals surface area contributed by atoms with Gasteiger partial charge in [0, 0.05) is 10.6 Å². The fraction of sp³-hybridized carbons (Fsp3) is 0.158. The number of aromatic nitrogens is 2. The van der Waals surface area contributed by atoms with Gasteiger partial charge < -0.3 is 5.11 Å². The summed E-state index contributed by atoms with van der Waals surface area (Å²) in [5.74, 6) is -1.04. The van der Waals surface area contributed by atoms with Crippen molar-refractivity contribution in [2.45, 2.75) is 20.4 Å². The molecule has 25 heavy (non-hydrogen) atoms. The summed E-state index contributed by atoms with van der Waals surface area (Å²) in [4.78, 5) is 11.3. The van der Waals surface area contributed by atoms with Crippen molar-refractivity contribution in [1.82, 2.24) is 9.78 Å². The normalized spacial score (nSPS) is 10.4. The quantitative estimate of drug-likeness (QED) is 0.697. The molecule has 0 spiro atoms. The Labute approximate surface area is 157 Å². The molecule has 0 unspecified atom stereocenters. The zero-order valence-electron chi connectivity index (χ0n) is 13.9. The van der Waals surface area contributed by atoms with Gasteiger partial charge in [-0.25, -0.2) is 4.79 Å². The topological polar surface area (TPSA) is 55.1 Å². The zero-order valence-corrected chi connectivity index (χ0v) is 15.4. The van der Waals surface area contributed by atoms with Crippen molar-refractivity contribution in [2.24, 2.45) is 0 Å². The average molecular weight is 377 g/mol. The molecule has 4 nitrogen and oxygen atoms in total. The largest absolute Gasteiger partial charge is 0.476 e. The van der Waals surface area contributed by atoms with Gasteiger partial charge in [0.25, 0.3) is 0 Å². The smallest absolute Gasteiger partial charge is 0.356 e. The van der Waals surface area contributed by atoms with Crippen LogP contribution < -0.4 is 0 Å². The van der Waals surface area contributed by atoms with E-state index in [1.54, 1.807) is 10.7 Å². The Balaban J connectivity index is 0.00000225. The van der Waals surface area contributed by atoms with Crippen molar-refractivity contribution in [2.75, 3.05) is 0 Å². The summed E-state index contributed by atoms with van der Waals surface area (Å²) in [7, 11) is 0. The SMILES string of the molecule is Cc1ccc(Cn2nc(C(=O)O)cc2-c2ccc(Cl)c(C)c2)cc1.Cl. The number of nitrogens with zero attached hydrogens (tertiary/aromatic N) is 2. The Morgan fingerprint density at radius 3 is 2.40 bits per heavy atom. The fourth-order valence-electron chi connectivity index (χ4n) is 2.54. The molecule has 0 saturated heterocycles. The molecule has 1 heterocycles. The van der Waals surface area contributed by atoms with Crippen molar-refractivity contribution < 1.29 is 9.90 Å². The lowest BCUT2D eigenvalue weighted by molar-refractivity contribution is 0.0689. The van der Waals surface area contributed by atoms with Gasteiger partial charge in [0.05, 0.1) is 12.2 Å². The van der Waals surface area contributed by atoms with Gasteiger partial charge in [-0.15, -0.1) is 12.4 Å². The summed E-state index contributed by atoms with van der Waals surface area (Å²) in [6, 6.07) is 15.3. The average Bonchev–Trinajstić information content (AvgIpc) is 2.96. The van der Waals surface area contributed by atoms with Gasteiger partial charge in [0.2, 0.25) is 0 Å². The number of hydrogen-bond acceptors (Lipinski definition) is 2. The second-order valence-electron chi connectivity index (χ2n) is 5.83. The fourth-order valence-corrected chi connectivity index (χ4v) is 2.66. The maximum atomic E-state index is 11.3. The predicted molar refractivity (Wildman–Crippen MR) is 102 cm³/mol. The van der Waals surface area contributed by atoms with E-state index in [2.05, 4.69) is 5.10 Å². The summed E-state index contributed by atoms with van der Waals surface area (Å²) >= 11 is 6.09. The molecule has 0 saturated carbocycles. The summed E-state index contributed by atoms with van der Waals surface area (Å²) in [5.41, 5.74) is 4.86. The van der Waals surface area contributed by atoms with Crippen LogP contribution in [-0.4, -0.2) is 20.9 Å². The van der Waals surface area contributed by atoms with Crippen molar-refractivity contribution >= 4 is 30.0 Å². The second-order valence-corrected chi connectivity index (χ2v) is 6.23. The van der Waals surface area contributed by atoms with Crippen LogP contribution in [0.5, 0.6) is 0 Å². The first-order valence-electron chi connectivity index (χ1n) is 7.57. The molecular weight excluding hydrogens is 359 g/mol. The van der Waals surface area contributed by atoms with E-state index >= 15 is 0 Å². The van der Waals surface area contributed by atoms with Gasteiger partial charge in [-0.2, -0.15) is 5.10 Å². The molecule has 3 rings (SSSR count). The van der Waals surface area contributed by atoms with Crippen LogP contribution in [0.3, 0.4) is 0 Å².